The van der Waals surface area contributed by atoms with E-state index in [0.29, 0.717) is 29.0 Å². The smallest absolute Gasteiger partial charge is 0.247 e. The molecule has 3 rings (SSSR count). The van der Waals surface area contributed by atoms with Crippen molar-refractivity contribution in [2.24, 2.45) is 0 Å². The quantitative estimate of drug-likeness (QED) is 0.711. The first-order chi connectivity index (χ1) is 11.7. The summed E-state index contributed by atoms with van der Waals surface area (Å²) in [5, 5.41) is 20.9. The van der Waals surface area contributed by atoms with E-state index in [4.69, 9.17) is 20.8 Å². The second-order valence-corrected chi connectivity index (χ2v) is 5.46. The molecule has 0 amide bonds. The summed E-state index contributed by atoms with van der Waals surface area (Å²) >= 11 is 6.13. The second kappa shape index (κ2) is 7.33. The van der Waals surface area contributed by atoms with Crippen LogP contribution in [-0.2, 0) is 13.2 Å². The Labute approximate surface area is 144 Å². The molecule has 0 bridgehead atoms. The lowest BCUT2D eigenvalue weighted by molar-refractivity contribution is 0.282. The summed E-state index contributed by atoms with van der Waals surface area (Å²) in [5.41, 5.74) is 2.29. The molecule has 1 aromatic heterocycles. The molecule has 2 aromatic carbocycles. The molecule has 124 valence electrons. The van der Waals surface area contributed by atoms with Crippen LogP contribution in [0.3, 0.4) is 0 Å². The van der Waals surface area contributed by atoms with E-state index >= 15 is 0 Å². The minimum Gasteiger partial charge on any atom is -0.497 e. The number of hydrogen-bond donors (Lipinski definition) is 2. The molecule has 6 nitrogen and oxygen atoms in total. The van der Waals surface area contributed by atoms with Gasteiger partial charge in [0.25, 0.3) is 0 Å². The van der Waals surface area contributed by atoms with Crippen molar-refractivity contribution in [2.75, 3.05) is 12.4 Å². The molecule has 0 aliphatic rings. The lowest BCUT2D eigenvalue weighted by Crippen LogP contribution is -2.01. The van der Waals surface area contributed by atoms with Crippen LogP contribution >= 0.6 is 11.6 Å². The van der Waals surface area contributed by atoms with Gasteiger partial charge in [0.1, 0.15) is 5.75 Å². The number of halogens is 1. The zero-order valence-corrected chi connectivity index (χ0v) is 13.7. The zero-order valence-electron chi connectivity index (χ0n) is 13.0. The van der Waals surface area contributed by atoms with Crippen molar-refractivity contribution in [1.29, 1.82) is 0 Å². The third kappa shape index (κ3) is 3.67. The molecule has 0 atom stereocenters. The maximum atomic E-state index is 9.18. The van der Waals surface area contributed by atoms with Crippen LogP contribution in [0.4, 0.5) is 5.69 Å². The Hall–Kier alpha value is -2.57. The van der Waals surface area contributed by atoms with E-state index in [9.17, 15) is 5.11 Å². The molecule has 2 N–H and O–H groups in total. The van der Waals surface area contributed by atoms with Crippen molar-refractivity contribution >= 4 is 17.3 Å². The van der Waals surface area contributed by atoms with E-state index in [0.717, 1.165) is 16.9 Å². The Kier molecular flexibility index (Phi) is 4.98. The molecule has 0 aliphatic carbocycles. The van der Waals surface area contributed by atoms with Gasteiger partial charge in [-0.3, -0.25) is 0 Å². The maximum Gasteiger partial charge on any atom is 0.247 e. The molecule has 0 radical (unpaired) electrons. The number of nitrogens with one attached hydrogen (secondary N) is 1. The lowest BCUT2D eigenvalue weighted by Gasteiger charge is -2.07. The number of aromatic nitrogens is 2. The Morgan fingerprint density at radius 1 is 1.17 bits per heavy atom. The van der Waals surface area contributed by atoms with E-state index in [1.165, 1.54) is 0 Å². The van der Waals surface area contributed by atoms with Crippen LogP contribution in [0, 0.1) is 0 Å². The third-order valence-electron chi connectivity index (χ3n) is 3.45. The first kappa shape index (κ1) is 16.3. The van der Waals surface area contributed by atoms with Crippen LogP contribution in [0.5, 0.6) is 5.75 Å². The Bertz CT molecular complexity index is 818. The van der Waals surface area contributed by atoms with Gasteiger partial charge in [0, 0.05) is 5.56 Å². The fourth-order valence-corrected chi connectivity index (χ4v) is 2.34. The van der Waals surface area contributed by atoms with E-state index in [-0.39, 0.29) is 6.61 Å². The van der Waals surface area contributed by atoms with Crippen molar-refractivity contribution in [1.82, 2.24) is 10.2 Å². The summed E-state index contributed by atoms with van der Waals surface area (Å²) in [6, 6.07) is 12.6. The summed E-state index contributed by atoms with van der Waals surface area (Å²) in [7, 11) is 1.61. The van der Waals surface area contributed by atoms with Gasteiger partial charge >= 0.3 is 0 Å². The van der Waals surface area contributed by atoms with E-state index in [2.05, 4.69) is 15.5 Å². The first-order valence-electron chi connectivity index (χ1n) is 7.29. The number of nitrogens with zero attached hydrogens (tertiary/aromatic N) is 2. The Balaban J connectivity index is 1.70. The van der Waals surface area contributed by atoms with E-state index in [1.807, 2.05) is 24.3 Å². The molecular weight excluding hydrogens is 330 g/mol. The summed E-state index contributed by atoms with van der Waals surface area (Å²) < 4.78 is 10.8. The van der Waals surface area contributed by atoms with Gasteiger partial charge in [-0.25, -0.2) is 0 Å². The monoisotopic (exact) mass is 345 g/mol. The highest BCUT2D eigenvalue weighted by atomic mass is 35.5. The van der Waals surface area contributed by atoms with Crippen LogP contribution in [0.1, 0.15) is 11.5 Å². The largest absolute Gasteiger partial charge is 0.497 e. The fraction of sp³-hybridized carbons (Fsp3) is 0.176. The highest BCUT2D eigenvalue weighted by molar-refractivity contribution is 6.33. The fourth-order valence-electron chi connectivity index (χ4n) is 2.15. The molecule has 0 fully saturated rings. The first-order valence-corrected chi connectivity index (χ1v) is 7.67. The molecule has 24 heavy (non-hydrogen) atoms. The van der Waals surface area contributed by atoms with Gasteiger partial charge in [0.2, 0.25) is 11.8 Å². The molecule has 3 aromatic rings. The SMILES string of the molecule is COc1ccc(-c2nnc(CNc3cc(CO)ccc3Cl)o2)cc1. The molecule has 0 aliphatic heterocycles. The number of ether oxygens (including phenoxy) is 1. The standard InChI is InChI=1S/C17H16ClN3O3/c1-23-13-5-3-12(4-6-13)17-21-20-16(24-17)9-19-15-8-11(10-22)2-7-14(15)18/h2-8,19,22H,9-10H2,1H3. The lowest BCUT2D eigenvalue weighted by atomic mass is 10.2. The Morgan fingerprint density at radius 3 is 2.67 bits per heavy atom. The van der Waals surface area contributed by atoms with Crippen LogP contribution < -0.4 is 10.1 Å². The Morgan fingerprint density at radius 2 is 1.96 bits per heavy atom. The molecule has 0 spiro atoms. The third-order valence-corrected chi connectivity index (χ3v) is 3.78. The van der Waals surface area contributed by atoms with Crippen LogP contribution in [-0.4, -0.2) is 22.4 Å². The molecule has 7 heteroatoms. The summed E-state index contributed by atoms with van der Waals surface area (Å²) in [5.74, 6) is 1.63. The van der Waals surface area contributed by atoms with Crippen LogP contribution in [0.2, 0.25) is 5.02 Å². The van der Waals surface area contributed by atoms with Crippen molar-refractivity contribution in [3.05, 3.63) is 58.9 Å². The summed E-state index contributed by atoms with van der Waals surface area (Å²) in [6.07, 6.45) is 0. The zero-order chi connectivity index (χ0) is 16.9. The summed E-state index contributed by atoms with van der Waals surface area (Å²) in [4.78, 5) is 0. The predicted molar refractivity (Wildman–Crippen MR) is 91.0 cm³/mol. The average Bonchev–Trinajstić information content (AvgIpc) is 3.10. The maximum absolute atomic E-state index is 9.18. The molecule has 0 saturated heterocycles. The molecule has 0 saturated carbocycles. The van der Waals surface area contributed by atoms with Gasteiger partial charge in [-0.2, -0.15) is 0 Å². The van der Waals surface area contributed by atoms with Crippen LogP contribution in [0.15, 0.2) is 46.9 Å². The number of methoxy groups -OCH3 is 1. The molecular formula is C17H16ClN3O3. The molecule has 1 heterocycles. The van der Waals surface area contributed by atoms with Gasteiger partial charge in [-0.1, -0.05) is 17.7 Å². The highest BCUT2D eigenvalue weighted by Crippen LogP contribution is 2.25. The number of aliphatic hydroxyl groups excluding tert-OH is 1. The number of rotatable bonds is 6. The van der Waals surface area contributed by atoms with Gasteiger partial charge in [-0.15, -0.1) is 10.2 Å². The topological polar surface area (TPSA) is 80.4 Å². The highest BCUT2D eigenvalue weighted by Gasteiger charge is 2.09. The number of hydrogen-bond acceptors (Lipinski definition) is 6. The predicted octanol–water partition coefficient (Wildman–Crippen LogP) is 3.50. The van der Waals surface area contributed by atoms with Gasteiger partial charge < -0.3 is 19.6 Å². The van der Waals surface area contributed by atoms with Crippen molar-refractivity contribution in [2.45, 2.75) is 13.2 Å². The minimum atomic E-state index is -0.0476. The minimum absolute atomic E-state index is 0.0476. The normalized spacial score (nSPS) is 10.6. The summed E-state index contributed by atoms with van der Waals surface area (Å²) in [6.45, 7) is 0.284. The van der Waals surface area contributed by atoms with Gasteiger partial charge in [-0.05, 0) is 42.0 Å². The second-order valence-electron chi connectivity index (χ2n) is 5.06. The average molecular weight is 346 g/mol. The van der Waals surface area contributed by atoms with Crippen LogP contribution in [0.25, 0.3) is 11.5 Å². The van der Waals surface area contributed by atoms with E-state index in [1.54, 1.807) is 25.3 Å². The van der Waals surface area contributed by atoms with Gasteiger partial charge in [0.15, 0.2) is 0 Å². The van der Waals surface area contributed by atoms with Crippen molar-refractivity contribution in [3.8, 4) is 17.2 Å². The van der Waals surface area contributed by atoms with Crippen molar-refractivity contribution < 1.29 is 14.3 Å². The number of aliphatic hydroxyl groups is 1. The molecule has 0 unspecified atom stereocenters. The van der Waals surface area contributed by atoms with Crippen molar-refractivity contribution in [3.63, 3.8) is 0 Å². The number of anilines is 1. The van der Waals surface area contributed by atoms with E-state index < -0.39 is 0 Å². The van der Waals surface area contributed by atoms with Gasteiger partial charge in [0.05, 0.1) is 31.0 Å². The number of benzene rings is 2.